The molecule has 1 aliphatic rings. The van der Waals surface area contributed by atoms with Gasteiger partial charge in [-0.15, -0.1) is 0 Å². The first-order valence-corrected chi connectivity index (χ1v) is 9.72. The predicted octanol–water partition coefficient (Wildman–Crippen LogP) is 3.20. The molecule has 0 atom stereocenters. The predicted molar refractivity (Wildman–Crippen MR) is 102 cm³/mol. The minimum absolute atomic E-state index is 0.376. The van der Waals surface area contributed by atoms with Gasteiger partial charge in [-0.1, -0.05) is 26.7 Å². The van der Waals surface area contributed by atoms with Crippen LogP contribution in [0.5, 0.6) is 0 Å². The SMILES string of the molecule is CCOCCC1(CNC(=NC)NCCOCCC(C)C)CCCC1. The number of nitrogens with one attached hydrogen (secondary N) is 2. The van der Waals surface area contributed by atoms with Gasteiger partial charge in [0.25, 0.3) is 0 Å². The van der Waals surface area contributed by atoms with E-state index in [4.69, 9.17) is 9.47 Å². The third-order valence-electron chi connectivity index (χ3n) is 4.88. The highest BCUT2D eigenvalue weighted by molar-refractivity contribution is 5.79. The van der Waals surface area contributed by atoms with E-state index in [2.05, 4.69) is 36.4 Å². The molecule has 0 bridgehead atoms. The van der Waals surface area contributed by atoms with Crippen LogP contribution in [0.3, 0.4) is 0 Å². The first-order chi connectivity index (χ1) is 11.6. The number of ether oxygens (including phenoxy) is 2. The van der Waals surface area contributed by atoms with Crippen LogP contribution in [0, 0.1) is 11.3 Å². The Labute approximate surface area is 149 Å². The summed E-state index contributed by atoms with van der Waals surface area (Å²) < 4.78 is 11.2. The van der Waals surface area contributed by atoms with Crippen molar-refractivity contribution in [3.8, 4) is 0 Å². The lowest BCUT2D eigenvalue weighted by molar-refractivity contribution is 0.105. The maximum Gasteiger partial charge on any atom is 0.191 e. The molecule has 142 valence electrons. The van der Waals surface area contributed by atoms with E-state index in [0.29, 0.717) is 11.3 Å². The fourth-order valence-electron chi connectivity index (χ4n) is 3.23. The smallest absolute Gasteiger partial charge is 0.191 e. The van der Waals surface area contributed by atoms with Crippen molar-refractivity contribution in [2.45, 2.75) is 59.3 Å². The second kappa shape index (κ2) is 12.5. The van der Waals surface area contributed by atoms with Crippen LogP contribution in [0.2, 0.25) is 0 Å². The lowest BCUT2D eigenvalue weighted by Crippen LogP contribution is -2.44. The van der Waals surface area contributed by atoms with Crippen molar-refractivity contribution in [1.29, 1.82) is 0 Å². The van der Waals surface area contributed by atoms with Crippen LogP contribution in [0.15, 0.2) is 4.99 Å². The van der Waals surface area contributed by atoms with E-state index in [0.717, 1.165) is 58.3 Å². The fraction of sp³-hybridized carbons (Fsp3) is 0.947. The van der Waals surface area contributed by atoms with E-state index >= 15 is 0 Å². The molecule has 0 aromatic carbocycles. The van der Waals surface area contributed by atoms with Crippen LogP contribution in [0.4, 0.5) is 0 Å². The number of nitrogens with zero attached hydrogens (tertiary/aromatic N) is 1. The highest BCUT2D eigenvalue weighted by atomic mass is 16.5. The molecule has 2 N–H and O–H groups in total. The van der Waals surface area contributed by atoms with Crippen molar-refractivity contribution < 1.29 is 9.47 Å². The molecule has 0 amide bonds. The normalized spacial score (nSPS) is 17.5. The molecule has 1 saturated carbocycles. The summed E-state index contributed by atoms with van der Waals surface area (Å²) in [6.07, 6.45) is 7.52. The molecule has 5 heteroatoms. The molecule has 0 unspecified atom stereocenters. The summed E-state index contributed by atoms with van der Waals surface area (Å²) in [5.74, 6) is 1.58. The second-order valence-electron chi connectivity index (χ2n) is 7.30. The average molecular weight is 342 g/mol. The standard InChI is InChI=1S/C19H39N3O2/c1-5-23-14-11-19(9-6-7-10-19)16-22-18(20-4)21-12-15-24-13-8-17(2)3/h17H,5-16H2,1-4H3,(H2,20,21,22). The molecule has 0 heterocycles. The Morgan fingerprint density at radius 1 is 1.08 bits per heavy atom. The number of aliphatic imine (C=N–C) groups is 1. The van der Waals surface area contributed by atoms with Gasteiger partial charge < -0.3 is 20.1 Å². The van der Waals surface area contributed by atoms with Gasteiger partial charge in [-0.05, 0) is 43.9 Å². The van der Waals surface area contributed by atoms with Crippen LogP contribution >= 0.6 is 0 Å². The third kappa shape index (κ3) is 8.88. The Hall–Kier alpha value is -0.810. The quantitative estimate of drug-likeness (QED) is 0.325. The van der Waals surface area contributed by atoms with Gasteiger partial charge in [0.2, 0.25) is 0 Å². The van der Waals surface area contributed by atoms with Crippen molar-refractivity contribution >= 4 is 5.96 Å². The lowest BCUT2D eigenvalue weighted by Gasteiger charge is -2.30. The molecule has 0 aliphatic heterocycles. The van der Waals surface area contributed by atoms with E-state index in [1.165, 1.54) is 25.7 Å². The maximum absolute atomic E-state index is 5.64. The molecular formula is C19H39N3O2. The molecule has 1 aliphatic carbocycles. The molecule has 0 radical (unpaired) electrons. The van der Waals surface area contributed by atoms with Gasteiger partial charge in [0.05, 0.1) is 6.61 Å². The molecule has 0 aromatic heterocycles. The van der Waals surface area contributed by atoms with Crippen molar-refractivity contribution in [3.05, 3.63) is 0 Å². The zero-order valence-corrected chi connectivity index (χ0v) is 16.3. The Bertz CT molecular complexity index is 340. The summed E-state index contributed by atoms with van der Waals surface area (Å²) in [5, 5.41) is 6.86. The number of hydrogen-bond donors (Lipinski definition) is 2. The minimum atomic E-state index is 0.376. The third-order valence-corrected chi connectivity index (χ3v) is 4.88. The Balaban J connectivity index is 2.23. The Morgan fingerprint density at radius 3 is 2.46 bits per heavy atom. The van der Waals surface area contributed by atoms with Gasteiger partial charge in [0.1, 0.15) is 0 Å². The van der Waals surface area contributed by atoms with Crippen molar-refractivity contribution in [1.82, 2.24) is 10.6 Å². The van der Waals surface area contributed by atoms with E-state index in [9.17, 15) is 0 Å². The van der Waals surface area contributed by atoms with Crippen LogP contribution in [-0.2, 0) is 9.47 Å². The highest BCUT2D eigenvalue weighted by Gasteiger charge is 2.33. The Morgan fingerprint density at radius 2 is 1.83 bits per heavy atom. The van der Waals surface area contributed by atoms with E-state index in [1.807, 2.05) is 7.05 Å². The lowest BCUT2D eigenvalue weighted by atomic mass is 9.83. The number of guanidine groups is 1. The van der Waals surface area contributed by atoms with Gasteiger partial charge in [0.15, 0.2) is 5.96 Å². The number of rotatable bonds is 12. The van der Waals surface area contributed by atoms with Crippen molar-refractivity contribution in [2.75, 3.05) is 46.6 Å². The van der Waals surface area contributed by atoms with Crippen LogP contribution in [0.25, 0.3) is 0 Å². The van der Waals surface area contributed by atoms with Gasteiger partial charge >= 0.3 is 0 Å². The van der Waals surface area contributed by atoms with Gasteiger partial charge in [-0.3, -0.25) is 4.99 Å². The zero-order chi connectivity index (χ0) is 17.7. The molecule has 5 nitrogen and oxygen atoms in total. The first kappa shape index (κ1) is 21.2. The topological polar surface area (TPSA) is 54.9 Å². The summed E-state index contributed by atoms with van der Waals surface area (Å²) in [6.45, 7) is 11.5. The first-order valence-electron chi connectivity index (χ1n) is 9.72. The molecule has 0 aromatic rings. The van der Waals surface area contributed by atoms with Crippen LogP contribution in [0.1, 0.15) is 59.3 Å². The summed E-state index contributed by atoms with van der Waals surface area (Å²) in [4.78, 5) is 4.33. The van der Waals surface area contributed by atoms with E-state index in [-0.39, 0.29) is 0 Å². The minimum Gasteiger partial charge on any atom is -0.382 e. The van der Waals surface area contributed by atoms with Crippen LogP contribution in [-0.4, -0.2) is 52.5 Å². The maximum atomic E-state index is 5.64. The molecular weight excluding hydrogens is 302 g/mol. The summed E-state index contributed by atoms with van der Waals surface area (Å²) in [7, 11) is 1.83. The molecule has 0 spiro atoms. The monoisotopic (exact) mass is 341 g/mol. The van der Waals surface area contributed by atoms with Crippen molar-refractivity contribution in [2.24, 2.45) is 16.3 Å². The fourth-order valence-corrected chi connectivity index (χ4v) is 3.23. The van der Waals surface area contributed by atoms with Gasteiger partial charge in [0, 0.05) is 40.0 Å². The molecule has 1 fully saturated rings. The Kier molecular flexibility index (Phi) is 11.1. The molecule has 24 heavy (non-hydrogen) atoms. The van der Waals surface area contributed by atoms with Gasteiger partial charge in [-0.2, -0.15) is 0 Å². The van der Waals surface area contributed by atoms with E-state index in [1.54, 1.807) is 0 Å². The number of hydrogen-bond acceptors (Lipinski definition) is 3. The van der Waals surface area contributed by atoms with Gasteiger partial charge in [-0.25, -0.2) is 0 Å². The largest absolute Gasteiger partial charge is 0.382 e. The second-order valence-corrected chi connectivity index (χ2v) is 7.30. The molecule has 0 saturated heterocycles. The summed E-state index contributed by atoms with van der Waals surface area (Å²) in [5.41, 5.74) is 0.376. The molecule has 1 rings (SSSR count). The van der Waals surface area contributed by atoms with Crippen molar-refractivity contribution in [3.63, 3.8) is 0 Å². The van der Waals surface area contributed by atoms with Crippen LogP contribution < -0.4 is 10.6 Å². The summed E-state index contributed by atoms with van der Waals surface area (Å²) >= 11 is 0. The van der Waals surface area contributed by atoms with E-state index < -0.39 is 0 Å². The summed E-state index contributed by atoms with van der Waals surface area (Å²) in [6, 6.07) is 0. The highest BCUT2D eigenvalue weighted by Crippen LogP contribution is 2.40. The zero-order valence-electron chi connectivity index (χ0n) is 16.3. The average Bonchev–Trinajstić information content (AvgIpc) is 3.02.